The molecule has 0 unspecified atom stereocenters. The highest BCUT2D eigenvalue weighted by Crippen LogP contribution is 2.43. The van der Waals surface area contributed by atoms with Gasteiger partial charge in [-0.3, -0.25) is 0 Å². The van der Waals surface area contributed by atoms with Gasteiger partial charge in [0.25, 0.3) is 0 Å². The Hall–Kier alpha value is -1.05. The Morgan fingerprint density at radius 3 is 2.33 bits per heavy atom. The number of pyridine rings is 1. The van der Waals surface area contributed by atoms with E-state index in [1.165, 1.54) is 37.7 Å². The third-order valence-corrected chi connectivity index (χ3v) is 4.78. The summed E-state index contributed by atoms with van der Waals surface area (Å²) in [4.78, 5) is 4.61. The topological polar surface area (TPSA) is 24.9 Å². The standard InChI is InChI=1S/C19H32N2/c1-15(2)12-19(10-6-7-11-19)14-21-17-9-8-16(13-20-17)18(3,4)5/h8-9,13,15H,6-7,10-12,14H2,1-5H3,(H,20,21). The molecule has 0 bridgehead atoms. The summed E-state index contributed by atoms with van der Waals surface area (Å²) in [6, 6.07) is 4.34. The van der Waals surface area contributed by atoms with Gasteiger partial charge in [-0.2, -0.15) is 0 Å². The first-order valence-electron chi connectivity index (χ1n) is 8.51. The summed E-state index contributed by atoms with van der Waals surface area (Å²) in [5.74, 6) is 1.80. The van der Waals surface area contributed by atoms with Crippen LogP contribution < -0.4 is 5.32 Å². The van der Waals surface area contributed by atoms with Gasteiger partial charge in [0.15, 0.2) is 0 Å². The molecule has 0 amide bonds. The van der Waals surface area contributed by atoms with E-state index in [1.54, 1.807) is 0 Å². The van der Waals surface area contributed by atoms with Crippen LogP contribution in [0.3, 0.4) is 0 Å². The van der Waals surface area contributed by atoms with Crippen LogP contribution in [0.1, 0.15) is 72.3 Å². The van der Waals surface area contributed by atoms with Gasteiger partial charge in [-0.15, -0.1) is 0 Å². The van der Waals surface area contributed by atoms with Gasteiger partial charge in [0, 0.05) is 12.7 Å². The van der Waals surface area contributed by atoms with Crippen molar-refractivity contribution in [3.63, 3.8) is 0 Å². The van der Waals surface area contributed by atoms with Crippen molar-refractivity contribution in [2.75, 3.05) is 11.9 Å². The molecule has 0 saturated heterocycles. The Kier molecular flexibility index (Phi) is 4.95. The van der Waals surface area contributed by atoms with Crippen LogP contribution in [0.5, 0.6) is 0 Å². The molecule has 1 N–H and O–H groups in total. The van der Waals surface area contributed by atoms with Crippen molar-refractivity contribution < 1.29 is 0 Å². The van der Waals surface area contributed by atoms with Crippen molar-refractivity contribution in [1.82, 2.24) is 4.98 Å². The Morgan fingerprint density at radius 1 is 1.19 bits per heavy atom. The fraction of sp³-hybridized carbons (Fsp3) is 0.737. The third kappa shape index (κ3) is 4.46. The number of nitrogens with zero attached hydrogens (tertiary/aromatic N) is 1. The SMILES string of the molecule is CC(C)CC1(CNc2ccc(C(C)(C)C)cn2)CCCC1. The van der Waals surface area contributed by atoms with Crippen LogP contribution >= 0.6 is 0 Å². The molecule has 1 heterocycles. The fourth-order valence-electron chi connectivity index (χ4n) is 3.66. The summed E-state index contributed by atoms with van der Waals surface area (Å²) in [6.07, 6.45) is 8.89. The first kappa shape index (κ1) is 16.3. The molecule has 0 radical (unpaired) electrons. The average molecular weight is 288 g/mol. The molecule has 1 aliphatic rings. The van der Waals surface area contributed by atoms with Crippen LogP contribution in [0.2, 0.25) is 0 Å². The summed E-state index contributed by atoms with van der Waals surface area (Å²) in [5.41, 5.74) is 1.97. The molecular weight excluding hydrogens is 256 g/mol. The van der Waals surface area contributed by atoms with Gasteiger partial charge in [0.05, 0.1) is 0 Å². The summed E-state index contributed by atoms with van der Waals surface area (Å²) < 4.78 is 0. The van der Waals surface area contributed by atoms with Crippen molar-refractivity contribution >= 4 is 5.82 Å². The van der Waals surface area contributed by atoms with Crippen molar-refractivity contribution in [2.45, 2.75) is 72.1 Å². The van der Waals surface area contributed by atoms with Crippen molar-refractivity contribution in [3.05, 3.63) is 23.9 Å². The largest absolute Gasteiger partial charge is 0.370 e. The summed E-state index contributed by atoms with van der Waals surface area (Å²) in [5, 5.41) is 3.60. The zero-order valence-electron chi connectivity index (χ0n) is 14.5. The third-order valence-electron chi connectivity index (χ3n) is 4.78. The van der Waals surface area contributed by atoms with Crippen LogP contribution in [-0.2, 0) is 5.41 Å². The molecule has 2 nitrogen and oxygen atoms in total. The predicted molar refractivity (Wildman–Crippen MR) is 91.8 cm³/mol. The lowest BCUT2D eigenvalue weighted by molar-refractivity contribution is 0.252. The van der Waals surface area contributed by atoms with E-state index in [-0.39, 0.29) is 5.41 Å². The first-order chi connectivity index (χ1) is 9.81. The Bertz CT molecular complexity index is 434. The zero-order valence-corrected chi connectivity index (χ0v) is 14.5. The number of nitrogens with one attached hydrogen (secondary N) is 1. The molecule has 21 heavy (non-hydrogen) atoms. The van der Waals surface area contributed by atoms with E-state index in [0.29, 0.717) is 5.41 Å². The zero-order chi connectivity index (χ0) is 15.5. The van der Waals surface area contributed by atoms with Crippen LogP contribution in [0.15, 0.2) is 18.3 Å². The number of hydrogen-bond acceptors (Lipinski definition) is 2. The molecule has 0 spiro atoms. The van der Waals surface area contributed by atoms with E-state index in [1.807, 2.05) is 6.20 Å². The van der Waals surface area contributed by atoms with E-state index in [2.05, 4.69) is 57.1 Å². The van der Waals surface area contributed by atoms with Gasteiger partial charge in [-0.05, 0) is 47.6 Å². The lowest BCUT2D eigenvalue weighted by atomic mass is 9.78. The smallest absolute Gasteiger partial charge is 0.125 e. The minimum atomic E-state index is 0.176. The summed E-state index contributed by atoms with van der Waals surface area (Å²) in [7, 11) is 0. The van der Waals surface area contributed by atoms with Crippen molar-refractivity contribution in [2.24, 2.45) is 11.3 Å². The minimum Gasteiger partial charge on any atom is -0.370 e. The molecule has 2 heteroatoms. The second-order valence-electron chi connectivity index (χ2n) is 8.34. The van der Waals surface area contributed by atoms with E-state index >= 15 is 0 Å². The van der Waals surface area contributed by atoms with Crippen LogP contribution in [0.25, 0.3) is 0 Å². The van der Waals surface area contributed by atoms with E-state index in [4.69, 9.17) is 0 Å². The first-order valence-corrected chi connectivity index (χ1v) is 8.51. The monoisotopic (exact) mass is 288 g/mol. The Labute approximate surface area is 130 Å². The van der Waals surface area contributed by atoms with Crippen molar-refractivity contribution in [3.8, 4) is 0 Å². The molecule has 1 saturated carbocycles. The lowest BCUT2D eigenvalue weighted by Gasteiger charge is -2.31. The van der Waals surface area contributed by atoms with E-state index < -0.39 is 0 Å². The quantitative estimate of drug-likeness (QED) is 0.785. The number of rotatable bonds is 5. The number of aromatic nitrogens is 1. The summed E-state index contributed by atoms with van der Waals surface area (Å²) in [6.45, 7) is 12.5. The van der Waals surface area contributed by atoms with E-state index in [0.717, 1.165) is 18.3 Å². The molecule has 0 atom stereocenters. The number of hydrogen-bond donors (Lipinski definition) is 1. The molecule has 1 aromatic rings. The van der Waals surface area contributed by atoms with Gasteiger partial charge < -0.3 is 5.32 Å². The average Bonchev–Trinajstić information content (AvgIpc) is 2.84. The van der Waals surface area contributed by atoms with E-state index in [9.17, 15) is 0 Å². The molecule has 1 fully saturated rings. The van der Waals surface area contributed by atoms with Crippen LogP contribution in [-0.4, -0.2) is 11.5 Å². The van der Waals surface area contributed by atoms with Crippen molar-refractivity contribution in [1.29, 1.82) is 0 Å². The predicted octanol–water partition coefficient (Wildman–Crippen LogP) is 5.40. The molecule has 118 valence electrons. The molecule has 2 rings (SSSR count). The van der Waals surface area contributed by atoms with Crippen LogP contribution in [0, 0.1) is 11.3 Å². The van der Waals surface area contributed by atoms with Crippen LogP contribution in [0.4, 0.5) is 5.82 Å². The highest BCUT2D eigenvalue weighted by molar-refractivity contribution is 5.37. The minimum absolute atomic E-state index is 0.176. The highest BCUT2D eigenvalue weighted by Gasteiger charge is 2.34. The second-order valence-corrected chi connectivity index (χ2v) is 8.34. The summed E-state index contributed by atoms with van der Waals surface area (Å²) >= 11 is 0. The van der Waals surface area contributed by atoms with Gasteiger partial charge in [-0.1, -0.05) is 53.5 Å². The second kappa shape index (κ2) is 6.37. The fourth-order valence-corrected chi connectivity index (χ4v) is 3.66. The molecular formula is C19H32N2. The number of anilines is 1. The normalized spacial score (nSPS) is 18.2. The van der Waals surface area contributed by atoms with Gasteiger partial charge in [0.2, 0.25) is 0 Å². The molecule has 0 aliphatic heterocycles. The maximum atomic E-state index is 4.61. The van der Waals surface area contributed by atoms with Gasteiger partial charge in [-0.25, -0.2) is 4.98 Å². The lowest BCUT2D eigenvalue weighted by Crippen LogP contribution is -2.28. The molecule has 1 aliphatic carbocycles. The Balaban J connectivity index is 1.98. The van der Waals surface area contributed by atoms with Gasteiger partial charge in [0.1, 0.15) is 5.82 Å². The molecule has 1 aromatic heterocycles. The van der Waals surface area contributed by atoms with Gasteiger partial charge >= 0.3 is 0 Å². The molecule has 0 aromatic carbocycles. The maximum absolute atomic E-state index is 4.61. The maximum Gasteiger partial charge on any atom is 0.125 e. The Morgan fingerprint density at radius 2 is 1.86 bits per heavy atom. The highest BCUT2D eigenvalue weighted by atomic mass is 15.0.